The van der Waals surface area contributed by atoms with Gasteiger partial charge in [-0.3, -0.25) is 0 Å². The molecule has 0 radical (unpaired) electrons. The predicted molar refractivity (Wildman–Crippen MR) is 140 cm³/mol. The Morgan fingerprint density at radius 2 is 1.00 bits per heavy atom. The standard InChI is InChI=1S/C31H26Si/c1-25-24-30(22-23-31(25)26-14-6-2-7-15-26)32(27-16-8-3-9-17-27,28-18-10-4-11-19-28)29-20-12-5-13-21-29/h2-24H,1H3/i2D,6D,7D,14D,15D,22D,23D,24D. The number of hydrogen-bond donors (Lipinski definition) is 0. The molecule has 0 bridgehead atoms. The van der Waals surface area contributed by atoms with E-state index < -0.39 is 38.3 Å². The fraction of sp³-hybridized carbons (Fsp3) is 0.0323. The molecule has 0 spiro atoms. The third kappa shape index (κ3) is 3.51. The van der Waals surface area contributed by atoms with Gasteiger partial charge in [0, 0.05) is 0 Å². The minimum absolute atomic E-state index is 0.0211. The van der Waals surface area contributed by atoms with Crippen LogP contribution in [0.3, 0.4) is 0 Å². The van der Waals surface area contributed by atoms with Crippen molar-refractivity contribution in [1.29, 1.82) is 0 Å². The van der Waals surface area contributed by atoms with E-state index in [9.17, 15) is 4.11 Å². The zero-order valence-corrected chi connectivity index (χ0v) is 18.7. The lowest BCUT2D eigenvalue weighted by molar-refractivity contribution is 1.47. The average Bonchev–Trinajstić information content (AvgIpc) is 2.99. The summed E-state index contributed by atoms with van der Waals surface area (Å²) in [6.07, 6.45) is 0. The number of hydrogen-bond acceptors (Lipinski definition) is 0. The summed E-state index contributed by atoms with van der Waals surface area (Å²) in [6, 6.07) is 26.6. The van der Waals surface area contributed by atoms with Crippen molar-refractivity contribution in [2.75, 3.05) is 0 Å². The van der Waals surface area contributed by atoms with E-state index in [-0.39, 0.29) is 29.3 Å². The Morgan fingerprint density at radius 3 is 1.47 bits per heavy atom. The van der Waals surface area contributed by atoms with E-state index in [1.165, 1.54) is 0 Å². The van der Waals surface area contributed by atoms with Crippen molar-refractivity contribution in [3.63, 3.8) is 0 Å². The van der Waals surface area contributed by atoms with Crippen LogP contribution in [-0.4, -0.2) is 8.07 Å². The van der Waals surface area contributed by atoms with Gasteiger partial charge in [0.05, 0.1) is 11.0 Å². The second-order valence-corrected chi connectivity index (χ2v) is 11.3. The molecule has 0 saturated carbocycles. The first-order valence-electron chi connectivity index (χ1n) is 14.5. The van der Waals surface area contributed by atoms with Crippen LogP contribution in [0.1, 0.15) is 16.5 Å². The van der Waals surface area contributed by atoms with E-state index in [1.54, 1.807) is 6.92 Å². The zero-order valence-electron chi connectivity index (χ0n) is 25.7. The van der Waals surface area contributed by atoms with Gasteiger partial charge in [0.25, 0.3) is 0 Å². The van der Waals surface area contributed by atoms with Crippen molar-refractivity contribution in [3.05, 3.63) is 145 Å². The van der Waals surface area contributed by atoms with Crippen LogP contribution in [-0.2, 0) is 0 Å². The third-order valence-electron chi connectivity index (χ3n) is 5.75. The largest absolute Gasteiger partial charge is 0.179 e. The summed E-state index contributed by atoms with van der Waals surface area (Å²) in [4.78, 5) is 0. The topological polar surface area (TPSA) is 0 Å². The van der Waals surface area contributed by atoms with Gasteiger partial charge >= 0.3 is 0 Å². The van der Waals surface area contributed by atoms with E-state index in [2.05, 4.69) is 0 Å². The highest BCUT2D eigenvalue weighted by Crippen LogP contribution is 2.23. The number of rotatable bonds is 5. The summed E-state index contributed by atoms with van der Waals surface area (Å²) in [5.41, 5.74) is 0.162. The molecule has 0 heterocycles. The van der Waals surface area contributed by atoms with Gasteiger partial charge in [-0.05, 0) is 44.4 Å². The van der Waals surface area contributed by atoms with E-state index in [1.807, 2.05) is 91.0 Å². The van der Waals surface area contributed by atoms with Crippen molar-refractivity contribution in [1.82, 2.24) is 0 Å². The molecule has 0 aromatic heterocycles. The molecule has 5 aromatic rings. The van der Waals surface area contributed by atoms with E-state index in [0.717, 1.165) is 15.6 Å². The summed E-state index contributed by atoms with van der Waals surface area (Å²) in [5, 5.41) is 3.27. The smallest absolute Gasteiger partial charge is 0.0623 e. The molecule has 5 rings (SSSR count). The first-order valence-corrected chi connectivity index (χ1v) is 12.5. The van der Waals surface area contributed by atoms with E-state index >= 15 is 0 Å². The Balaban J connectivity index is 1.98. The lowest BCUT2D eigenvalue weighted by atomic mass is 10.0. The molecular formula is C31H26Si. The van der Waals surface area contributed by atoms with Crippen LogP contribution in [0.25, 0.3) is 11.1 Å². The van der Waals surface area contributed by atoms with Crippen molar-refractivity contribution in [2.45, 2.75) is 6.92 Å². The van der Waals surface area contributed by atoms with Crippen molar-refractivity contribution in [3.8, 4) is 11.1 Å². The van der Waals surface area contributed by atoms with Gasteiger partial charge in [0.1, 0.15) is 0 Å². The summed E-state index contributed by atoms with van der Waals surface area (Å²) >= 11 is 0. The molecule has 154 valence electrons. The summed E-state index contributed by atoms with van der Waals surface area (Å²) < 4.78 is 69.4. The molecule has 0 aliphatic rings. The first-order chi connectivity index (χ1) is 19.1. The van der Waals surface area contributed by atoms with Crippen LogP contribution in [0.4, 0.5) is 0 Å². The fourth-order valence-corrected chi connectivity index (χ4v) is 8.88. The second-order valence-electron chi connectivity index (χ2n) is 7.60. The second kappa shape index (κ2) is 8.82. The molecule has 0 aliphatic carbocycles. The van der Waals surface area contributed by atoms with Gasteiger partial charge in [-0.2, -0.15) is 0 Å². The Hall–Kier alpha value is -3.68. The monoisotopic (exact) mass is 434 g/mol. The summed E-state index contributed by atoms with van der Waals surface area (Å²) in [6.45, 7) is 1.64. The van der Waals surface area contributed by atoms with Gasteiger partial charge in [-0.1, -0.05) is 139 Å². The van der Waals surface area contributed by atoms with Crippen LogP contribution in [0.15, 0.2) is 139 Å². The minimum atomic E-state index is -3.33. The van der Waals surface area contributed by atoms with Crippen molar-refractivity contribution >= 4 is 28.8 Å². The molecular weight excluding hydrogens is 400 g/mol. The quantitative estimate of drug-likeness (QED) is 0.269. The highest BCUT2D eigenvalue weighted by Gasteiger charge is 2.41. The maximum absolute atomic E-state index is 9.50. The molecule has 0 unspecified atom stereocenters. The van der Waals surface area contributed by atoms with Crippen LogP contribution >= 0.6 is 0 Å². The molecule has 0 aliphatic heterocycles. The Bertz CT molecular complexity index is 1570. The van der Waals surface area contributed by atoms with Gasteiger partial charge < -0.3 is 0 Å². The van der Waals surface area contributed by atoms with E-state index in [0.29, 0.717) is 10.8 Å². The highest BCUT2D eigenvalue weighted by molar-refractivity contribution is 7.19. The molecule has 0 N–H and O–H groups in total. The van der Waals surface area contributed by atoms with Gasteiger partial charge in [-0.25, -0.2) is 0 Å². The normalized spacial score (nSPS) is 14.8. The SMILES string of the molecule is [2H]c1c([2H])c([2H])c(-c2c([2H])c([2H])c([Si](c3ccccc3)(c3ccccc3)c3ccccc3)c([2H])c2C)c([2H])c1[2H]. The van der Waals surface area contributed by atoms with Crippen LogP contribution in [0.5, 0.6) is 0 Å². The maximum Gasteiger partial charge on any atom is 0.179 e. The number of benzene rings is 5. The predicted octanol–water partition coefficient (Wildman–Crippen LogP) is 5.04. The Kier molecular flexibility index (Phi) is 3.58. The molecule has 0 saturated heterocycles. The van der Waals surface area contributed by atoms with E-state index in [4.69, 9.17) is 6.85 Å². The van der Waals surface area contributed by atoms with Crippen LogP contribution in [0, 0.1) is 6.92 Å². The van der Waals surface area contributed by atoms with Gasteiger partial charge in [-0.15, -0.1) is 0 Å². The third-order valence-corrected chi connectivity index (χ3v) is 10.3. The van der Waals surface area contributed by atoms with Crippen LogP contribution < -0.4 is 20.7 Å². The summed E-state index contributed by atoms with van der Waals surface area (Å²) in [7, 11) is -3.33. The average molecular weight is 435 g/mol. The minimum Gasteiger partial charge on any atom is -0.0623 e. The lowest BCUT2D eigenvalue weighted by Crippen LogP contribution is -2.74. The molecule has 0 atom stereocenters. The molecule has 5 aromatic carbocycles. The van der Waals surface area contributed by atoms with Crippen LogP contribution in [0.2, 0.25) is 0 Å². The highest BCUT2D eigenvalue weighted by atomic mass is 28.3. The summed E-state index contributed by atoms with van der Waals surface area (Å²) in [5.74, 6) is 0. The molecule has 1 heteroatoms. The van der Waals surface area contributed by atoms with Gasteiger partial charge in [0.15, 0.2) is 8.07 Å². The van der Waals surface area contributed by atoms with Gasteiger partial charge in [0.2, 0.25) is 0 Å². The maximum atomic E-state index is 9.50. The van der Waals surface area contributed by atoms with Crippen molar-refractivity contribution in [2.24, 2.45) is 0 Å². The molecule has 0 fully saturated rings. The zero-order chi connectivity index (χ0) is 28.8. The van der Waals surface area contributed by atoms with Crippen molar-refractivity contribution < 1.29 is 11.0 Å². The molecule has 0 nitrogen and oxygen atoms in total. The Morgan fingerprint density at radius 1 is 0.531 bits per heavy atom. The molecule has 0 amide bonds. The Labute approximate surface area is 203 Å². The lowest BCUT2D eigenvalue weighted by Gasteiger charge is -2.34. The molecule has 32 heavy (non-hydrogen) atoms. The first kappa shape index (κ1) is 13.0. The fourth-order valence-electron chi connectivity index (χ4n) is 4.31.